The van der Waals surface area contributed by atoms with E-state index >= 15 is 0 Å². The molecule has 82 valence electrons. The highest BCUT2D eigenvalue weighted by atomic mass is 35.5. The molecule has 1 aromatic rings. The van der Waals surface area contributed by atoms with Crippen LogP contribution < -0.4 is 0 Å². The van der Waals surface area contributed by atoms with Crippen molar-refractivity contribution in [2.24, 2.45) is 0 Å². The molecule has 0 bridgehead atoms. The van der Waals surface area contributed by atoms with Crippen LogP contribution in [0.1, 0.15) is 12.0 Å². The zero-order valence-corrected chi connectivity index (χ0v) is 10.3. The summed E-state index contributed by atoms with van der Waals surface area (Å²) in [5, 5.41) is 1.35. The first kappa shape index (κ1) is 12.6. The van der Waals surface area contributed by atoms with Gasteiger partial charge in [0, 0.05) is 11.4 Å². The Hall–Kier alpha value is -0.440. The molecule has 0 spiro atoms. The van der Waals surface area contributed by atoms with Crippen molar-refractivity contribution in [2.75, 3.05) is 7.11 Å². The Kier molecular flexibility index (Phi) is 4.71. The van der Waals surface area contributed by atoms with Gasteiger partial charge in [-0.2, -0.15) is 0 Å². The molecule has 1 aromatic carbocycles. The predicted octanol–water partition coefficient (Wildman–Crippen LogP) is 3.75. The lowest BCUT2D eigenvalue weighted by Crippen LogP contribution is -2.02. The fourth-order valence-corrected chi connectivity index (χ4v) is 1.76. The molecule has 0 saturated carbocycles. The van der Waals surface area contributed by atoms with Crippen molar-refractivity contribution in [1.29, 1.82) is 0 Å². The fourth-order valence-electron chi connectivity index (χ4n) is 1.09. The Morgan fingerprint density at radius 1 is 1.20 bits per heavy atom. The molecule has 0 aliphatic heterocycles. The number of methoxy groups -OCH3 is 1. The first-order chi connectivity index (χ1) is 7.04. The van der Waals surface area contributed by atoms with Gasteiger partial charge in [0.25, 0.3) is 0 Å². The van der Waals surface area contributed by atoms with E-state index in [0.29, 0.717) is 21.5 Å². The van der Waals surface area contributed by atoms with Gasteiger partial charge < -0.3 is 4.74 Å². The van der Waals surface area contributed by atoms with E-state index in [1.54, 1.807) is 12.1 Å². The topological polar surface area (TPSA) is 26.3 Å². The number of halogens is 3. The standard InChI is InChI=1S/C10H9Cl3O2/c1-15-10(14)3-2-6-4-8(12)9(13)5-7(6)11/h4-5H,2-3H2,1H3. The molecule has 0 atom stereocenters. The van der Waals surface area contributed by atoms with Crippen LogP contribution in [-0.2, 0) is 16.0 Å². The quantitative estimate of drug-likeness (QED) is 0.616. The fraction of sp³-hybridized carbons (Fsp3) is 0.300. The van der Waals surface area contributed by atoms with Gasteiger partial charge >= 0.3 is 5.97 Å². The largest absolute Gasteiger partial charge is 0.469 e. The van der Waals surface area contributed by atoms with Crippen LogP contribution in [0.4, 0.5) is 0 Å². The second-order valence-corrected chi connectivity index (χ2v) is 4.16. The summed E-state index contributed by atoms with van der Waals surface area (Å²) < 4.78 is 4.52. The molecule has 0 aliphatic carbocycles. The molecule has 15 heavy (non-hydrogen) atoms. The molecule has 0 saturated heterocycles. The summed E-state index contributed by atoms with van der Waals surface area (Å²) in [6.45, 7) is 0. The van der Waals surface area contributed by atoms with Gasteiger partial charge in [-0.15, -0.1) is 0 Å². The van der Waals surface area contributed by atoms with Crippen molar-refractivity contribution < 1.29 is 9.53 Å². The van der Waals surface area contributed by atoms with Gasteiger partial charge in [-0.1, -0.05) is 34.8 Å². The number of esters is 1. The highest BCUT2D eigenvalue weighted by Crippen LogP contribution is 2.29. The molecule has 0 fully saturated rings. The molecule has 1 rings (SSSR count). The second kappa shape index (κ2) is 5.59. The van der Waals surface area contributed by atoms with E-state index in [1.165, 1.54) is 7.11 Å². The van der Waals surface area contributed by atoms with Crippen molar-refractivity contribution in [3.63, 3.8) is 0 Å². The number of hydrogen-bond donors (Lipinski definition) is 0. The van der Waals surface area contributed by atoms with Gasteiger partial charge in [-0.05, 0) is 24.1 Å². The van der Waals surface area contributed by atoms with Crippen LogP contribution in [-0.4, -0.2) is 13.1 Å². The molecule has 0 amide bonds. The van der Waals surface area contributed by atoms with Crippen molar-refractivity contribution in [2.45, 2.75) is 12.8 Å². The normalized spacial score (nSPS) is 10.1. The second-order valence-electron chi connectivity index (χ2n) is 2.93. The lowest BCUT2D eigenvalue weighted by atomic mass is 10.1. The van der Waals surface area contributed by atoms with Gasteiger partial charge in [0.05, 0.1) is 17.2 Å². The maximum atomic E-state index is 10.9. The van der Waals surface area contributed by atoms with Gasteiger partial charge in [-0.25, -0.2) is 0 Å². The molecule has 0 unspecified atom stereocenters. The minimum absolute atomic E-state index is 0.272. The Labute approximate surface area is 103 Å². The minimum Gasteiger partial charge on any atom is -0.469 e. The summed E-state index contributed by atoms with van der Waals surface area (Å²) in [5.41, 5.74) is 0.788. The smallest absolute Gasteiger partial charge is 0.305 e. The number of benzene rings is 1. The van der Waals surface area contributed by atoms with Crippen LogP contribution in [0.25, 0.3) is 0 Å². The SMILES string of the molecule is COC(=O)CCc1cc(Cl)c(Cl)cc1Cl. The number of carbonyl (C=O) groups is 1. The lowest BCUT2D eigenvalue weighted by Gasteiger charge is -2.05. The third-order valence-corrected chi connectivity index (χ3v) is 2.99. The van der Waals surface area contributed by atoms with E-state index in [1.807, 2.05) is 0 Å². The van der Waals surface area contributed by atoms with Crippen molar-refractivity contribution in [3.05, 3.63) is 32.8 Å². The number of rotatable bonds is 3. The van der Waals surface area contributed by atoms with Gasteiger partial charge in [0.1, 0.15) is 0 Å². The first-order valence-electron chi connectivity index (χ1n) is 4.25. The molecule has 0 radical (unpaired) electrons. The van der Waals surface area contributed by atoms with Gasteiger partial charge in [0.15, 0.2) is 0 Å². The van der Waals surface area contributed by atoms with E-state index in [2.05, 4.69) is 4.74 Å². The maximum Gasteiger partial charge on any atom is 0.305 e. The summed E-state index contributed by atoms with van der Waals surface area (Å²) in [7, 11) is 1.35. The highest BCUT2D eigenvalue weighted by Gasteiger charge is 2.08. The zero-order chi connectivity index (χ0) is 11.4. The number of aryl methyl sites for hydroxylation is 1. The van der Waals surface area contributed by atoms with Crippen LogP contribution in [0, 0.1) is 0 Å². The third-order valence-electron chi connectivity index (χ3n) is 1.92. The maximum absolute atomic E-state index is 10.9. The molecular weight excluding hydrogens is 258 g/mol. The van der Waals surface area contributed by atoms with Gasteiger partial charge in [0.2, 0.25) is 0 Å². The van der Waals surface area contributed by atoms with E-state index in [4.69, 9.17) is 34.8 Å². The van der Waals surface area contributed by atoms with Crippen LogP contribution in [0.15, 0.2) is 12.1 Å². The average molecular weight is 268 g/mol. The molecule has 0 aromatic heterocycles. The van der Waals surface area contributed by atoms with Crippen molar-refractivity contribution in [3.8, 4) is 0 Å². The van der Waals surface area contributed by atoms with Crippen LogP contribution in [0.5, 0.6) is 0 Å². The number of ether oxygens (including phenoxy) is 1. The Bertz CT molecular complexity index is 377. The predicted molar refractivity (Wildman–Crippen MR) is 61.8 cm³/mol. The zero-order valence-electron chi connectivity index (χ0n) is 8.02. The minimum atomic E-state index is -0.280. The Balaban J connectivity index is 2.77. The lowest BCUT2D eigenvalue weighted by molar-refractivity contribution is -0.140. The summed E-state index contributed by atoms with van der Waals surface area (Å²) in [6, 6.07) is 3.23. The van der Waals surface area contributed by atoms with Crippen molar-refractivity contribution >= 4 is 40.8 Å². The third kappa shape index (κ3) is 3.56. The molecule has 0 aliphatic rings. The Morgan fingerprint density at radius 2 is 1.80 bits per heavy atom. The van der Waals surface area contributed by atoms with Crippen LogP contribution in [0.2, 0.25) is 15.1 Å². The van der Waals surface area contributed by atoms with E-state index in [0.717, 1.165) is 5.56 Å². The Morgan fingerprint density at radius 3 is 2.40 bits per heavy atom. The molecule has 0 N–H and O–H groups in total. The van der Waals surface area contributed by atoms with Crippen LogP contribution in [0.3, 0.4) is 0 Å². The van der Waals surface area contributed by atoms with Gasteiger partial charge in [-0.3, -0.25) is 4.79 Å². The number of carbonyl (C=O) groups excluding carboxylic acids is 1. The monoisotopic (exact) mass is 266 g/mol. The van der Waals surface area contributed by atoms with E-state index in [-0.39, 0.29) is 12.4 Å². The summed E-state index contributed by atoms with van der Waals surface area (Å²) in [5.74, 6) is -0.280. The van der Waals surface area contributed by atoms with Crippen molar-refractivity contribution in [1.82, 2.24) is 0 Å². The first-order valence-corrected chi connectivity index (χ1v) is 5.38. The molecule has 0 heterocycles. The molecule has 5 heteroatoms. The van der Waals surface area contributed by atoms with Crippen LogP contribution >= 0.6 is 34.8 Å². The highest BCUT2D eigenvalue weighted by molar-refractivity contribution is 6.43. The molecule has 2 nitrogen and oxygen atoms in total. The van der Waals surface area contributed by atoms with E-state index in [9.17, 15) is 4.79 Å². The summed E-state index contributed by atoms with van der Waals surface area (Å²) in [4.78, 5) is 10.9. The average Bonchev–Trinajstić information content (AvgIpc) is 2.21. The summed E-state index contributed by atoms with van der Waals surface area (Å²) >= 11 is 17.5. The molecular formula is C10H9Cl3O2. The number of hydrogen-bond acceptors (Lipinski definition) is 2. The summed E-state index contributed by atoms with van der Waals surface area (Å²) in [6.07, 6.45) is 0.760. The van der Waals surface area contributed by atoms with E-state index < -0.39 is 0 Å².